The highest BCUT2D eigenvalue weighted by atomic mass is 35.5. The molecule has 1 aromatic rings. The van der Waals surface area contributed by atoms with E-state index in [0.29, 0.717) is 13.2 Å². The largest absolute Gasteiger partial charge is 0.374 e. The number of halogens is 1. The Morgan fingerprint density at radius 3 is 3.00 bits per heavy atom. The third kappa shape index (κ3) is 3.99. The number of nitrogens with one attached hydrogen (secondary N) is 1. The summed E-state index contributed by atoms with van der Waals surface area (Å²) < 4.78 is 5.64. The molecule has 1 aromatic heterocycles. The van der Waals surface area contributed by atoms with Gasteiger partial charge in [-0.15, -0.1) is 0 Å². The maximum Gasteiger partial charge on any atom is 0.332 e. The molecule has 8 nitrogen and oxygen atoms in total. The number of hydrogen-bond donors (Lipinski definition) is 1. The van der Waals surface area contributed by atoms with E-state index < -0.39 is 4.92 Å². The van der Waals surface area contributed by atoms with Crippen LogP contribution in [0.25, 0.3) is 0 Å². The first-order chi connectivity index (χ1) is 10.0. The molecule has 0 aliphatic carbocycles. The van der Waals surface area contributed by atoms with Crippen molar-refractivity contribution in [1.29, 1.82) is 0 Å². The molecule has 0 bridgehead atoms. The molecule has 1 N–H and O–H groups in total. The van der Waals surface area contributed by atoms with Gasteiger partial charge in [0.15, 0.2) is 0 Å². The fraction of sp³-hybridized carbons (Fsp3) is 0.667. The lowest BCUT2D eigenvalue weighted by atomic mass is 10.2. The van der Waals surface area contributed by atoms with Crippen LogP contribution in [-0.2, 0) is 4.74 Å². The van der Waals surface area contributed by atoms with E-state index in [2.05, 4.69) is 27.1 Å². The van der Waals surface area contributed by atoms with Crippen molar-refractivity contribution in [1.82, 2.24) is 14.9 Å². The summed E-state index contributed by atoms with van der Waals surface area (Å²) in [6, 6.07) is 0. The van der Waals surface area contributed by atoms with Gasteiger partial charge in [0, 0.05) is 19.6 Å². The Balaban J connectivity index is 2.07. The van der Waals surface area contributed by atoms with Crippen LogP contribution in [0.3, 0.4) is 0 Å². The Bertz CT molecular complexity index is 528. The van der Waals surface area contributed by atoms with Crippen LogP contribution in [-0.4, -0.2) is 58.7 Å². The lowest BCUT2D eigenvalue weighted by Gasteiger charge is -2.32. The van der Waals surface area contributed by atoms with Crippen molar-refractivity contribution in [2.75, 3.05) is 38.1 Å². The SMILES string of the molecule is CCN1CCOC(CNc2nc(Cl)nc(C)c2[N+](=O)[O-])C1. The van der Waals surface area contributed by atoms with Gasteiger partial charge in [-0.3, -0.25) is 15.0 Å². The summed E-state index contributed by atoms with van der Waals surface area (Å²) >= 11 is 5.77. The second kappa shape index (κ2) is 6.97. The lowest BCUT2D eigenvalue weighted by Crippen LogP contribution is -2.45. The van der Waals surface area contributed by atoms with Crippen molar-refractivity contribution >= 4 is 23.1 Å². The number of aromatic nitrogens is 2. The van der Waals surface area contributed by atoms with E-state index in [1.165, 1.54) is 6.92 Å². The molecule has 0 spiro atoms. The number of morpholine rings is 1. The Hall–Kier alpha value is -1.51. The lowest BCUT2D eigenvalue weighted by molar-refractivity contribution is -0.385. The third-order valence-corrected chi connectivity index (χ3v) is 3.55. The van der Waals surface area contributed by atoms with E-state index in [0.717, 1.165) is 19.6 Å². The summed E-state index contributed by atoms with van der Waals surface area (Å²) in [5, 5.41) is 14.1. The van der Waals surface area contributed by atoms with E-state index >= 15 is 0 Å². The second-order valence-corrected chi connectivity index (χ2v) is 5.14. The van der Waals surface area contributed by atoms with E-state index in [-0.39, 0.29) is 28.6 Å². The predicted octanol–water partition coefficient (Wildman–Crippen LogP) is 1.48. The molecule has 0 amide bonds. The average Bonchev–Trinajstić information content (AvgIpc) is 2.44. The molecule has 1 aliphatic rings. The predicted molar refractivity (Wildman–Crippen MR) is 78.8 cm³/mol. The normalized spacial score (nSPS) is 19.5. The highest BCUT2D eigenvalue weighted by Crippen LogP contribution is 2.26. The van der Waals surface area contributed by atoms with Gasteiger partial charge in [-0.2, -0.15) is 4.98 Å². The van der Waals surface area contributed by atoms with Gasteiger partial charge in [-0.1, -0.05) is 6.92 Å². The second-order valence-electron chi connectivity index (χ2n) is 4.80. The summed E-state index contributed by atoms with van der Waals surface area (Å²) in [7, 11) is 0. The van der Waals surface area contributed by atoms with Crippen LogP contribution in [0.1, 0.15) is 12.6 Å². The zero-order valence-corrected chi connectivity index (χ0v) is 12.8. The number of rotatable bonds is 5. The number of likely N-dealkylation sites (N-methyl/N-ethyl adjacent to an activating group) is 1. The molecule has 2 rings (SSSR count). The molecule has 0 aromatic carbocycles. The summed E-state index contributed by atoms with van der Waals surface area (Å²) in [6.07, 6.45) is -0.0349. The van der Waals surface area contributed by atoms with Crippen molar-refractivity contribution < 1.29 is 9.66 Å². The molecule has 1 saturated heterocycles. The van der Waals surface area contributed by atoms with Crippen molar-refractivity contribution in [3.05, 3.63) is 21.1 Å². The number of aryl methyl sites for hydroxylation is 1. The number of hydrogen-bond acceptors (Lipinski definition) is 7. The van der Waals surface area contributed by atoms with Crippen LogP contribution in [0.2, 0.25) is 5.28 Å². The smallest absolute Gasteiger partial charge is 0.332 e. The summed E-state index contributed by atoms with van der Waals surface area (Å²) in [5.41, 5.74) is 0.0878. The van der Waals surface area contributed by atoms with E-state index in [1.54, 1.807) is 0 Å². The molecular weight excluding hydrogens is 298 g/mol. The first-order valence-electron chi connectivity index (χ1n) is 6.77. The van der Waals surface area contributed by atoms with E-state index in [1.807, 2.05) is 0 Å². The Morgan fingerprint density at radius 1 is 1.57 bits per heavy atom. The van der Waals surface area contributed by atoms with Gasteiger partial charge >= 0.3 is 5.69 Å². The summed E-state index contributed by atoms with van der Waals surface area (Å²) in [6.45, 7) is 7.37. The summed E-state index contributed by atoms with van der Waals surface area (Å²) in [4.78, 5) is 20.6. The minimum absolute atomic E-state index is 0.0136. The van der Waals surface area contributed by atoms with Crippen molar-refractivity contribution in [2.45, 2.75) is 20.0 Å². The molecule has 1 aliphatic heterocycles. The average molecular weight is 316 g/mol. The van der Waals surface area contributed by atoms with Crippen LogP contribution in [0.15, 0.2) is 0 Å². The topological polar surface area (TPSA) is 93.4 Å². The molecule has 21 heavy (non-hydrogen) atoms. The molecular formula is C12H18ClN5O3. The van der Waals surface area contributed by atoms with Gasteiger partial charge in [-0.05, 0) is 25.1 Å². The number of anilines is 1. The number of nitro groups is 1. The Morgan fingerprint density at radius 2 is 2.33 bits per heavy atom. The first kappa shape index (κ1) is 15.9. The number of nitrogens with zero attached hydrogens (tertiary/aromatic N) is 4. The Labute approximate surface area is 127 Å². The molecule has 116 valence electrons. The van der Waals surface area contributed by atoms with Crippen molar-refractivity contribution in [3.63, 3.8) is 0 Å². The fourth-order valence-electron chi connectivity index (χ4n) is 2.28. The first-order valence-corrected chi connectivity index (χ1v) is 7.15. The van der Waals surface area contributed by atoms with Gasteiger partial charge in [-0.25, -0.2) is 4.98 Å². The van der Waals surface area contributed by atoms with Gasteiger partial charge in [0.1, 0.15) is 5.69 Å². The quantitative estimate of drug-likeness (QED) is 0.499. The van der Waals surface area contributed by atoms with E-state index in [9.17, 15) is 10.1 Å². The van der Waals surface area contributed by atoms with E-state index in [4.69, 9.17) is 16.3 Å². The van der Waals surface area contributed by atoms with Gasteiger partial charge in [0.05, 0.1) is 17.6 Å². The molecule has 1 fully saturated rings. The monoisotopic (exact) mass is 315 g/mol. The van der Waals surface area contributed by atoms with Crippen molar-refractivity contribution in [3.8, 4) is 0 Å². The van der Waals surface area contributed by atoms with Gasteiger partial charge in [0.2, 0.25) is 11.1 Å². The third-order valence-electron chi connectivity index (χ3n) is 3.38. The minimum Gasteiger partial charge on any atom is -0.374 e. The summed E-state index contributed by atoms with van der Waals surface area (Å²) in [5.74, 6) is 0.134. The van der Waals surface area contributed by atoms with Gasteiger partial charge < -0.3 is 10.1 Å². The van der Waals surface area contributed by atoms with Crippen LogP contribution in [0.4, 0.5) is 11.5 Å². The van der Waals surface area contributed by atoms with Crippen molar-refractivity contribution in [2.24, 2.45) is 0 Å². The molecule has 2 heterocycles. The molecule has 1 atom stereocenters. The standard InChI is InChI=1S/C12H18ClN5O3/c1-3-17-4-5-21-9(7-17)6-14-11-10(18(19)20)8(2)15-12(13)16-11/h9H,3-7H2,1-2H3,(H,14,15,16). The van der Waals surface area contributed by atoms with Crippen LogP contribution in [0, 0.1) is 17.0 Å². The zero-order chi connectivity index (χ0) is 15.4. The van der Waals surface area contributed by atoms with Crippen LogP contribution < -0.4 is 5.32 Å². The fourth-order valence-corrected chi connectivity index (χ4v) is 2.49. The van der Waals surface area contributed by atoms with Crippen LogP contribution >= 0.6 is 11.6 Å². The molecule has 0 radical (unpaired) electrons. The highest BCUT2D eigenvalue weighted by molar-refractivity contribution is 6.28. The zero-order valence-electron chi connectivity index (χ0n) is 12.0. The molecule has 0 saturated carbocycles. The van der Waals surface area contributed by atoms with Gasteiger partial charge in [0.25, 0.3) is 0 Å². The maximum absolute atomic E-state index is 11.1. The minimum atomic E-state index is -0.506. The van der Waals surface area contributed by atoms with Crippen LogP contribution in [0.5, 0.6) is 0 Å². The highest BCUT2D eigenvalue weighted by Gasteiger charge is 2.24. The molecule has 1 unspecified atom stereocenters. The molecule has 9 heteroatoms. The Kier molecular flexibility index (Phi) is 5.27. The maximum atomic E-state index is 11.1. The number of ether oxygens (including phenoxy) is 1.